The fourth-order valence-corrected chi connectivity index (χ4v) is 1.97. The molecule has 0 bridgehead atoms. The Labute approximate surface area is 105 Å². The Hall–Kier alpha value is -1.07. The molecule has 1 aromatic carbocycles. The number of hydrogen-bond donors (Lipinski definition) is 1. The van der Waals surface area contributed by atoms with E-state index in [1.807, 2.05) is 0 Å². The summed E-state index contributed by atoms with van der Waals surface area (Å²) in [6, 6.07) is 6.42. The van der Waals surface area contributed by atoms with Crippen molar-refractivity contribution in [1.29, 1.82) is 0 Å². The van der Waals surface area contributed by atoms with E-state index >= 15 is 0 Å². The van der Waals surface area contributed by atoms with Crippen molar-refractivity contribution in [3.8, 4) is 0 Å². The number of halogens is 1. The second-order valence-corrected chi connectivity index (χ2v) is 4.72. The highest BCUT2D eigenvalue weighted by atomic mass is 32.2. The molecule has 17 heavy (non-hydrogen) atoms. The van der Waals surface area contributed by atoms with Gasteiger partial charge in [-0.2, -0.15) is 0 Å². The quantitative estimate of drug-likeness (QED) is 0.785. The molecule has 0 spiro atoms. The molecule has 5 heteroatoms. The summed E-state index contributed by atoms with van der Waals surface area (Å²) in [4.78, 5) is 13.1. The molecule has 0 aromatic heterocycles. The number of rotatable bonds is 6. The van der Waals surface area contributed by atoms with Crippen LogP contribution in [0.25, 0.3) is 0 Å². The van der Waals surface area contributed by atoms with Gasteiger partial charge in [0.25, 0.3) is 0 Å². The molecule has 0 radical (unpaired) electrons. The summed E-state index contributed by atoms with van der Waals surface area (Å²) in [5.74, 6) is 0.493. The fourth-order valence-electron chi connectivity index (χ4n) is 1.30. The maximum Gasteiger partial charge on any atom is 0.232 e. The van der Waals surface area contributed by atoms with Crippen LogP contribution in [0.15, 0.2) is 24.3 Å². The Morgan fingerprint density at radius 2 is 2.18 bits per heavy atom. The molecule has 3 nitrogen and oxygen atoms in total. The van der Waals surface area contributed by atoms with Gasteiger partial charge >= 0.3 is 0 Å². The smallest absolute Gasteiger partial charge is 0.232 e. The van der Waals surface area contributed by atoms with Gasteiger partial charge in [-0.05, 0) is 6.07 Å². The van der Waals surface area contributed by atoms with Gasteiger partial charge < -0.3 is 10.0 Å². The Morgan fingerprint density at radius 3 is 2.82 bits per heavy atom. The summed E-state index contributed by atoms with van der Waals surface area (Å²) in [6.07, 6.45) is 0. The Balaban J connectivity index is 2.46. The zero-order valence-corrected chi connectivity index (χ0v) is 10.5. The number of nitrogens with zero attached hydrogens (tertiary/aromatic N) is 1. The van der Waals surface area contributed by atoms with E-state index in [0.29, 0.717) is 17.1 Å². The Kier molecular flexibility index (Phi) is 6.00. The van der Waals surface area contributed by atoms with Gasteiger partial charge in [-0.25, -0.2) is 4.39 Å². The maximum absolute atomic E-state index is 13.3. The first kappa shape index (κ1) is 14.0. The number of aliphatic hydroxyl groups is 1. The summed E-state index contributed by atoms with van der Waals surface area (Å²) in [7, 11) is 1.65. The van der Waals surface area contributed by atoms with Crippen molar-refractivity contribution in [2.75, 3.05) is 25.2 Å². The van der Waals surface area contributed by atoms with Crippen molar-refractivity contribution in [1.82, 2.24) is 4.90 Å². The molecule has 1 amide bonds. The predicted molar refractivity (Wildman–Crippen MR) is 67.3 cm³/mol. The topological polar surface area (TPSA) is 40.5 Å². The van der Waals surface area contributed by atoms with Crippen LogP contribution in [-0.2, 0) is 11.3 Å². The minimum Gasteiger partial charge on any atom is -0.396 e. The molecule has 0 aliphatic rings. The van der Waals surface area contributed by atoms with Crippen LogP contribution in [0.4, 0.5) is 4.39 Å². The summed E-state index contributed by atoms with van der Waals surface area (Å²) in [5, 5.41) is 8.59. The SMILES string of the molecule is CN(Cc1ccccc1F)C(=O)CSCCO. The number of carbonyl (C=O) groups is 1. The number of amides is 1. The zero-order chi connectivity index (χ0) is 12.7. The first-order valence-corrected chi connectivity index (χ1v) is 6.46. The van der Waals surface area contributed by atoms with Gasteiger partial charge in [0, 0.05) is 24.9 Å². The lowest BCUT2D eigenvalue weighted by molar-refractivity contribution is -0.127. The highest BCUT2D eigenvalue weighted by molar-refractivity contribution is 7.99. The van der Waals surface area contributed by atoms with Crippen molar-refractivity contribution in [3.63, 3.8) is 0 Å². The normalized spacial score (nSPS) is 10.3. The molecular weight excluding hydrogens is 241 g/mol. The van der Waals surface area contributed by atoms with Gasteiger partial charge in [0.2, 0.25) is 5.91 Å². The van der Waals surface area contributed by atoms with E-state index in [2.05, 4.69) is 0 Å². The average molecular weight is 257 g/mol. The summed E-state index contributed by atoms with van der Waals surface area (Å²) in [6.45, 7) is 0.333. The molecule has 0 aliphatic heterocycles. The second-order valence-electron chi connectivity index (χ2n) is 3.62. The molecule has 0 heterocycles. The van der Waals surface area contributed by atoms with Gasteiger partial charge in [-0.3, -0.25) is 4.79 Å². The first-order valence-electron chi connectivity index (χ1n) is 5.31. The van der Waals surface area contributed by atoms with E-state index in [1.165, 1.54) is 22.7 Å². The van der Waals surface area contributed by atoms with Crippen LogP contribution < -0.4 is 0 Å². The number of aliphatic hydroxyl groups excluding tert-OH is 1. The summed E-state index contributed by atoms with van der Waals surface area (Å²) >= 11 is 1.37. The molecule has 94 valence electrons. The number of benzene rings is 1. The van der Waals surface area contributed by atoms with Crippen LogP contribution in [0.1, 0.15) is 5.56 Å². The van der Waals surface area contributed by atoms with Gasteiger partial charge in [0.15, 0.2) is 0 Å². The first-order chi connectivity index (χ1) is 8.15. The second kappa shape index (κ2) is 7.29. The van der Waals surface area contributed by atoms with Crippen LogP contribution in [0, 0.1) is 5.82 Å². The summed E-state index contributed by atoms with van der Waals surface area (Å²) in [5.41, 5.74) is 0.510. The van der Waals surface area contributed by atoms with Gasteiger partial charge in [-0.15, -0.1) is 11.8 Å². The third-order valence-electron chi connectivity index (χ3n) is 2.25. The van der Waals surface area contributed by atoms with Gasteiger partial charge in [0.05, 0.1) is 12.4 Å². The largest absolute Gasteiger partial charge is 0.396 e. The van der Waals surface area contributed by atoms with Crippen molar-refractivity contribution in [3.05, 3.63) is 35.6 Å². The van der Waals surface area contributed by atoms with Crippen molar-refractivity contribution >= 4 is 17.7 Å². The predicted octanol–water partition coefficient (Wildman–Crippen LogP) is 1.51. The number of thioether (sulfide) groups is 1. The molecule has 0 aliphatic carbocycles. The molecule has 1 N–H and O–H groups in total. The minimum absolute atomic E-state index is 0.0632. The maximum atomic E-state index is 13.3. The third-order valence-corrected chi connectivity index (χ3v) is 3.17. The van der Waals surface area contributed by atoms with Crippen molar-refractivity contribution in [2.24, 2.45) is 0 Å². The molecular formula is C12H16FNO2S. The van der Waals surface area contributed by atoms with Crippen LogP contribution in [0.2, 0.25) is 0 Å². The monoisotopic (exact) mass is 257 g/mol. The zero-order valence-electron chi connectivity index (χ0n) is 9.73. The van der Waals surface area contributed by atoms with E-state index in [1.54, 1.807) is 25.2 Å². The van der Waals surface area contributed by atoms with Crippen LogP contribution in [0.5, 0.6) is 0 Å². The van der Waals surface area contributed by atoms with E-state index in [-0.39, 0.29) is 24.9 Å². The highest BCUT2D eigenvalue weighted by Crippen LogP contribution is 2.10. The van der Waals surface area contributed by atoms with E-state index in [9.17, 15) is 9.18 Å². The lowest BCUT2D eigenvalue weighted by Gasteiger charge is -2.17. The molecule has 0 saturated carbocycles. The van der Waals surface area contributed by atoms with Gasteiger partial charge in [0.1, 0.15) is 5.82 Å². The molecule has 0 fully saturated rings. The molecule has 0 saturated heterocycles. The molecule has 1 rings (SSSR count). The lowest BCUT2D eigenvalue weighted by atomic mass is 10.2. The summed E-state index contributed by atoms with van der Waals surface area (Å²) < 4.78 is 13.3. The standard InChI is InChI=1S/C12H16FNO2S/c1-14(12(16)9-17-7-6-15)8-10-4-2-3-5-11(10)13/h2-5,15H,6-9H2,1H3. The third kappa shape index (κ3) is 4.75. The van der Waals surface area contributed by atoms with Crippen LogP contribution >= 0.6 is 11.8 Å². The Morgan fingerprint density at radius 1 is 1.47 bits per heavy atom. The van der Waals surface area contributed by atoms with Crippen LogP contribution in [0.3, 0.4) is 0 Å². The number of carbonyl (C=O) groups excluding carboxylic acids is 1. The Bertz CT molecular complexity index is 373. The average Bonchev–Trinajstić information content (AvgIpc) is 2.32. The van der Waals surface area contributed by atoms with E-state index < -0.39 is 0 Å². The molecule has 0 atom stereocenters. The number of hydrogen-bond acceptors (Lipinski definition) is 3. The lowest BCUT2D eigenvalue weighted by Crippen LogP contribution is -2.28. The molecule has 0 unspecified atom stereocenters. The fraction of sp³-hybridized carbons (Fsp3) is 0.417. The highest BCUT2D eigenvalue weighted by Gasteiger charge is 2.11. The minimum atomic E-state index is -0.296. The van der Waals surface area contributed by atoms with Crippen molar-refractivity contribution in [2.45, 2.75) is 6.54 Å². The van der Waals surface area contributed by atoms with E-state index in [4.69, 9.17) is 5.11 Å². The van der Waals surface area contributed by atoms with Crippen molar-refractivity contribution < 1.29 is 14.3 Å². The van der Waals surface area contributed by atoms with Gasteiger partial charge in [-0.1, -0.05) is 18.2 Å². The van der Waals surface area contributed by atoms with Crippen LogP contribution in [-0.4, -0.2) is 41.1 Å². The van der Waals surface area contributed by atoms with E-state index in [0.717, 1.165) is 0 Å². The molecule has 1 aromatic rings.